The highest BCUT2D eigenvalue weighted by Crippen LogP contribution is 2.24. The molecule has 0 aliphatic rings. The van der Waals surface area contributed by atoms with Crippen LogP contribution in [0.25, 0.3) is 0 Å². The number of aryl methyl sites for hydroxylation is 1. The third-order valence-corrected chi connectivity index (χ3v) is 5.49. The number of hydrogen-bond acceptors (Lipinski definition) is 3. The first-order valence-corrected chi connectivity index (χ1v) is 8.71. The van der Waals surface area contributed by atoms with Crippen LogP contribution in [-0.2, 0) is 23.0 Å². The van der Waals surface area contributed by atoms with Crippen molar-refractivity contribution in [3.05, 3.63) is 42.0 Å². The zero-order valence-corrected chi connectivity index (χ0v) is 14.2. The molecule has 0 bridgehead atoms. The summed E-state index contributed by atoms with van der Waals surface area (Å²) in [6.07, 6.45) is 2.31. The number of rotatable bonds is 8. The van der Waals surface area contributed by atoms with E-state index in [1.165, 1.54) is 4.31 Å². The van der Waals surface area contributed by atoms with Crippen molar-refractivity contribution in [2.24, 2.45) is 0 Å². The number of benzene rings is 1. The maximum absolute atomic E-state index is 13.0. The molecule has 5 heteroatoms. The van der Waals surface area contributed by atoms with Gasteiger partial charge in [0.25, 0.3) is 0 Å². The van der Waals surface area contributed by atoms with E-state index < -0.39 is 10.0 Å². The molecule has 1 rings (SSSR count). The standard InChI is InChI=1S/C16H26N2O2S/c1-6-10-18(13(3)4)21(19,20)16-11-14(12-17-5)8-9-15(16)7-2/h6,8-9,11,13,17H,1,7,10,12H2,2-5H3. The molecule has 0 saturated heterocycles. The highest BCUT2D eigenvalue weighted by atomic mass is 32.2. The van der Waals surface area contributed by atoms with Crippen LogP contribution in [0.4, 0.5) is 0 Å². The quantitative estimate of drug-likeness (QED) is 0.751. The summed E-state index contributed by atoms with van der Waals surface area (Å²) in [5, 5.41) is 3.05. The maximum atomic E-state index is 13.0. The van der Waals surface area contributed by atoms with Crippen molar-refractivity contribution >= 4 is 10.0 Å². The van der Waals surface area contributed by atoms with Gasteiger partial charge >= 0.3 is 0 Å². The Bertz CT molecular complexity index is 580. The molecule has 118 valence electrons. The molecule has 0 aliphatic heterocycles. The summed E-state index contributed by atoms with van der Waals surface area (Å²) >= 11 is 0. The van der Waals surface area contributed by atoms with Crippen LogP contribution >= 0.6 is 0 Å². The first kappa shape index (κ1) is 17.9. The zero-order chi connectivity index (χ0) is 16.0. The van der Waals surface area contributed by atoms with Crippen molar-refractivity contribution in [1.29, 1.82) is 0 Å². The molecule has 0 atom stereocenters. The van der Waals surface area contributed by atoms with E-state index in [0.29, 0.717) is 24.4 Å². The van der Waals surface area contributed by atoms with E-state index in [1.807, 2.05) is 40.0 Å². The zero-order valence-electron chi connectivity index (χ0n) is 13.4. The van der Waals surface area contributed by atoms with E-state index in [2.05, 4.69) is 11.9 Å². The van der Waals surface area contributed by atoms with Crippen LogP contribution in [0.5, 0.6) is 0 Å². The fourth-order valence-electron chi connectivity index (χ4n) is 2.29. The number of nitrogens with zero attached hydrogens (tertiary/aromatic N) is 1. The van der Waals surface area contributed by atoms with Gasteiger partial charge in [-0.25, -0.2) is 8.42 Å². The molecule has 0 spiro atoms. The summed E-state index contributed by atoms with van der Waals surface area (Å²) in [6.45, 7) is 10.4. The lowest BCUT2D eigenvalue weighted by Crippen LogP contribution is -2.37. The van der Waals surface area contributed by atoms with Gasteiger partial charge in [0.15, 0.2) is 0 Å². The lowest BCUT2D eigenvalue weighted by molar-refractivity contribution is 0.382. The molecule has 0 radical (unpaired) electrons. The predicted octanol–water partition coefficient (Wildman–Crippen LogP) is 2.55. The normalized spacial score (nSPS) is 12.1. The molecule has 0 aliphatic carbocycles. The van der Waals surface area contributed by atoms with Crippen LogP contribution in [0.15, 0.2) is 35.7 Å². The van der Waals surface area contributed by atoms with Crippen molar-refractivity contribution in [3.8, 4) is 0 Å². The van der Waals surface area contributed by atoms with Crippen molar-refractivity contribution in [1.82, 2.24) is 9.62 Å². The summed E-state index contributed by atoms with van der Waals surface area (Å²) in [7, 11) is -1.66. The molecule has 0 aromatic heterocycles. The lowest BCUT2D eigenvalue weighted by atomic mass is 10.1. The molecule has 0 heterocycles. The number of sulfonamides is 1. The van der Waals surface area contributed by atoms with Gasteiger partial charge in [0.1, 0.15) is 0 Å². The fourth-order valence-corrected chi connectivity index (χ4v) is 4.24. The average Bonchev–Trinajstić information content (AvgIpc) is 2.44. The topological polar surface area (TPSA) is 49.4 Å². The van der Waals surface area contributed by atoms with Crippen LogP contribution < -0.4 is 5.32 Å². The van der Waals surface area contributed by atoms with Gasteiger partial charge < -0.3 is 5.32 Å². The molecule has 0 unspecified atom stereocenters. The van der Waals surface area contributed by atoms with E-state index in [9.17, 15) is 8.42 Å². The van der Waals surface area contributed by atoms with Crippen LogP contribution in [-0.4, -0.2) is 32.4 Å². The van der Waals surface area contributed by atoms with Gasteiger partial charge in [-0.2, -0.15) is 4.31 Å². The summed E-state index contributed by atoms with van der Waals surface area (Å²) in [6, 6.07) is 5.56. The summed E-state index contributed by atoms with van der Waals surface area (Å²) in [4.78, 5) is 0.410. The van der Waals surface area contributed by atoms with Crippen LogP contribution in [0, 0.1) is 0 Å². The van der Waals surface area contributed by atoms with Crippen LogP contribution in [0.2, 0.25) is 0 Å². The minimum atomic E-state index is -3.51. The van der Waals surface area contributed by atoms with Crippen LogP contribution in [0.3, 0.4) is 0 Å². The first-order chi connectivity index (χ1) is 9.88. The van der Waals surface area contributed by atoms with Gasteiger partial charge in [-0.3, -0.25) is 0 Å². The molecular formula is C16H26N2O2S. The van der Waals surface area contributed by atoms with Crippen molar-refractivity contribution < 1.29 is 8.42 Å². The Balaban J connectivity index is 3.39. The number of hydrogen-bond donors (Lipinski definition) is 1. The van der Waals surface area contributed by atoms with Crippen molar-refractivity contribution in [2.45, 2.75) is 44.7 Å². The molecule has 0 amide bonds. The monoisotopic (exact) mass is 310 g/mol. The van der Waals surface area contributed by atoms with Crippen molar-refractivity contribution in [2.75, 3.05) is 13.6 Å². The average molecular weight is 310 g/mol. The van der Waals surface area contributed by atoms with Gasteiger partial charge in [-0.15, -0.1) is 6.58 Å². The first-order valence-electron chi connectivity index (χ1n) is 7.27. The lowest BCUT2D eigenvalue weighted by Gasteiger charge is -2.26. The molecule has 1 aromatic carbocycles. The van der Waals surface area contributed by atoms with E-state index >= 15 is 0 Å². The molecule has 4 nitrogen and oxygen atoms in total. The second kappa shape index (κ2) is 7.73. The maximum Gasteiger partial charge on any atom is 0.243 e. The summed E-state index contributed by atoms with van der Waals surface area (Å²) in [5.74, 6) is 0. The molecule has 0 saturated carbocycles. The van der Waals surface area contributed by atoms with Gasteiger partial charge in [-0.1, -0.05) is 25.1 Å². The van der Waals surface area contributed by atoms with Gasteiger partial charge in [0, 0.05) is 19.1 Å². The Labute approximate surface area is 128 Å². The second-order valence-electron chi connectivity index (χ2n) is 5.28. The van der Waals surface area contributed by atoms with E-state index in [-0.39, 0.29) is 6.04 Å². The summed E-state index contributed by atoms with van der Waals surface area (Å²) < 4.78 is 27.4. The Morgan fingerprint density at radius 2 is 2.05 bits per heavy atom. The van der Waals surface area contributed by atoms with Gasteiger partial charge in [0.2, 0.25) is 10.0 Å². The summed E-state index contributed by atoms with van der Waals surface area (Å²) in [5.41, 5.74) is 1.82. The second-order valence-corrected chi connectivity index (χ2v) is 7.14. The largest absolute Gasteiger partial charge is 0.316 e. The Hall–Kier alpha value is -1.17. The van der Waals surface area contributed by atoms with Gasteiger partial charge in [-0.05, 0) is 44.5 Å². The third-order valence-electron chi connectivity index (χ3n) is 3.37. The van der Waals surface area contributed by atoms with E-state index in [0.717, 1.165) is 11.1 Å². The van der Waals surface area contributed by atoms with Crippen molar-refractivity contribution in [3.63, 3.8) is 0 Å². The highest BCUT2D eigenvalue weighted by Gasteiger charge is 2.28. The third kappa shape index (κ3) is 4.15. The smallest absolute Gasteiger partial charge is 0.243 e. The highest BCUT2D eigenvalue weighted by molar-refractivity contribution is 7.89. The van der Waals surface area contributed by atoms with E-state index in [1.54, 1.807) is 12.1 Å². The Kier molecular flexibility index (Phi) is 6.58. The van der Waals surface area contributed by atoms with Gasteiger partial charge in [0.05, 0.1) is 4.90 Å². The van der Waals surface area contributed by atoms with E-state index in [4.69, 9.17) is 0 Å². The SMILES string of the molecule is C=CCN(C(C)C)S(=O)(=O)c1cc(CNC)ccc1CC. The molecule has 1 N–H and O–H groups in total. The minimum absolute atomic E-state index is 0.106. The molecule has 21 heavy (non-hydrogen) atoms. The van der Waals surface area contributed by atoms with Crippen LogP contribution in [0.1, 0.15) is 31.9 Å². The minimum Gasteiger partial charge on any atom is -0.316 e. The predicted molar refractivity (Wildman–Crippen MR) is 87.8 cm³/mol. The number of nitrogens with one attached hydrogen (secondary N) is 1. The fraction of sp³-hybridized carbons (Fsp3) is 0.500. The Morgan fingerprint density at radius 1 is 1.38 bits per heavy atom. The molecule has 1 aromatic rings. The molecular weight excluding hydrogens is 284 g/mol. The molecule has 0 fully saturated rings. The Morgan fingerprint density at radius 3 is 2.52 bits per heavy atom.